The number of ether oxygens (including phenoxy) is 3. The normalized spacial score (nSPS) is 12.4. The average Bonchev–Trinajstić information content (AvgIpc) is 3.30. The second kappa shape index (κ2) is 54.0. The van der Waals surface area contributed by atoms with E-state index in [1.165, 1.54) is 167 Å². The molecule has 0 saturated carbocycles. The molecule has 0 aliphatic heterocycles. The van der Waals surface area contributed by atoms with Crippen LogP contribution in [0.3, 0.4) is 0 Å². The van der Waals surface area contributed by atoms with Crippen LogP contribution in [0.25, 0.3) is 0 Å². The minimum Gasteiger partial charge on any atom is -0.462 e. The summed E-state index contributed by atoms with van der Waals surface area (Å²) in [4.78, 5) is 38.1. The zero-order valence-electron chi connectivity index (χ0n) is 43.3. The van der Waals surface area contributed by atoms with Crippen LogP contribution in [0.15, 0.2) is 48.6 Å². The zero-order valence-corrected chi connectivity index (χ0v) is 43.3. The van der Waals surface area contributed by atoms with Crippen LogP contribution in [0.5, 0.6) is 0 Å². The van der Waals surface area contributed by atoms with Gasteiger partial charge < -0.3 is 14.2 Å². The van der Waals surface area contributed by atoms with Crippen molar-refractivity contribution in [2.75, 3.05) is 13.2 Å². The third kappa shape index (κ3) is 52.2. The number of carbonyl (C=O) groups is 3. The molecule has 0 aliphatic carbocycles. The maximum Gasteiger partial charge on any atom is 0.306 e. The Kier molecular flexibility index (Phi) is 51.8. The highest BCUT2D eigenvalue weighted by molar-refractivity contribution is 5.71. The van der Waals surface area contributed by atoms with E-state index in [0.29, 0.717) is 19.3 Å². The Bertz CT molecular complexity index is 1140. The van der Waals surface area contributed by atoms with E-state index in [4.69, 9.17) is 14.2 Å². The van der Waals surface area contributed by atoms with Crippen LogP contribution >= 0.6 is 0 Å². The lowest BCUT2D eigenvalue weighted by molar-refractivity contribution is -0.167. The van der Waals surface area contributed by atoms with Crippen molar-refractivity contribution < 1.29 is 28.6 Å². The van der Waals surface area contributed by atoms with Crippen LogP contribution in [0.2, 0.25) is 0 Å². The molecule has 0 saturated heterocycles. The summed E-state index contributed by atoms with van der Waals surface area (Å²) in [5.41, 5.74) is 0. The lowest BCUT2D eigenvalue weighted by Crippen LogP contribution is -2.30. The number of hydrogen-bond acceptors (Lipinski definition) is 6. The molecular weight excluding hydrogens is 805 g/mol. The van der Waals surface area contributed by atoms with E-state index in [2.05, 4.69) is 69.4 Å². The molecule has 65 heavy (non-hydrogen) atoms. The molecule has 0 fully saturated rings. The van der Waals surface area contributed by atoms with E-state index in [0.717, 1.165) is 83.5 Å². The van der Waals surface area contributed by atoms with Crippen molar-refractivity contribution in [3.05, 3.63) is 48.6 Å². The molecule has 0 bridgehead atoms. The van der Waals surface area contributed by atoms with Crippen LogP contribution < -0.4 is 0 Å². The molecule has 0 spiro atoms. The standard InChI is InChI=1S/C59H106O6/c1-4-7-10-13-16-19-22-25-27-29-31-34-37-40-43-46-49-52-58(61)64-55-56(54-63-57(60)51-48-45-42-39-36-33-24-21-18-15-12-9-6-3)65-59(62)53-50-47-44-41-38-35-32-30-28-26-23-20-17-14-11-8-5-2/h12,15,21,24-28,56H,4-11,13-14,16-20,22-23,29-55H2,1-3H3/b15-12-,24-21-,27-25-,28-26-. The summed E-state index contributed by atoms with van der Waals surface area (Å²) < 4.78 is 16.8. The van der Waals surface area contributed by atoms with Crippen LogP contribution in [-0.4, -0.2) is 37.2 Å². The number of rotatable bonds is 51. The predicted molar refractivity (Wildman–Crippen MR) is 279 cm³/mol. The third-order valence-electron chi connectivity index (χ3n) is 12.3. The lowest BCUT2D eigenvalue weighted by Gasteiger charge is -2.18. The zero-order chi connectivity index (χ0) is 47.2. The van der Waals surface area contributed by atoms with Crippen LogP contribution in [-0.2, 0) is 28.6 Å². The Balaban J connectivity index is 4.37. The Labute approximate surface area is 403 Å². The maximum absolute atomic E-state index is 12.8. The molecule has 0 heterocycles. The SMILES string of the molecule is CCC/C=C\C/C=C\CCCCCCCC(=O)OCC(COC(=O)CCCCCCCCC/C=C\CCCCCCCC)OC(=O)CCCCCCCCC/C=C\CCCCCCCC. The first-order chi connectivity index (χ1) is 32.0. The number of unbranched alkanes of at least 4 members (excludes halogenated alkanes) is 32. The van der Waals surface area contributed by atoms with Gasteiger partial charge in [-0.25, -0.2) is 0 Å². The summed E-state index contributed by atoms with van der Waals surface area (Å²) in [5.74, 6) is -0.893. The first kappa shape index (κ1) is 62.4. The van der Waals surface area contributed by atoms with Crippen LogP contribution in [0.4, 0.5) is 0 Å². The Hall–Kier alpha value is -2.63. The fraction of sp³-hybridized carbons (Fsp3) is 0.814. The van der Waals surface area contributed by atoms with Gasteiger partial charge in [0.1, 0.15) is 13.2 Å². The minimum absolute atomic E-state index is 0.0804. The van der Waals surface area contributed by atoms with E-state index in [9.17, 15) is 14.4 Å². The van der Waals surface area contributed by atoms with Gasteiger partial charge in [-0.05, 0) is 96.3 Å². The smallest absolute Gasteiger partial charge is 0.306 e. The van der Waals surface area contributed by atoms with Gasteiger partial charge in [0.25, 0.3) is 0 Å². The largest absolute Gasteiger partial charge is 0.462 e. The summed E-state index contributed by atoms with van der Waals surface area (Å²) >= 11 is 0. The van der Waals surface area contributed by atoms with Crippen molar-refractivity contribution in [3.63, 3.8) is 0 Å². The highest BCUT2D eigenvalue weighted by Crippen LogP contribution is 2.15. The van der Waals surface area contributed by atoms with Crippen LogP contribution in [0, 0.1) is 0 Å². The Morgan fingerprint density at radius 3 is 0.923 bits per heavy atom. The molecule has 6 nitrogen and oxygen atoms in total. The van der Waals surface area contributed by atoms with Crippen LogP contribution in [0.1, 0.15) is 290 Å². The van der Waals surface area contributed by atoms with Crippen molar-refractivity contribution in [2.45, 2.75) is 297 Å². The number of allylic oxidation sites excluding steroid dienone is 8. The molecule has 6 heteroatoms. The quantitative estimate of drug-likeness (QED) is 0.0262. The van der Waals surface area contributed by atoms with E-state index < -0.39 is 6.10 Å². The second-order valence-electron chi connectivity index (χ2n) is 18.8. The predicted octanol–water partition coefficient (Wildman–Crippen LogP) is 18.7. The van der Waals surface area contributed by atoms with Gasteiger partial charge >= 0.3 is 17.9 Å². The van der Waals surface area contributed by atoms with Gasteiger partial charge in [-0.1, -0.05) is 223 Å². The second-order valence-corrected chi connectivity index (χ2v) is 18.8. The maximum atomic E-state index is 12.8. The van der Waals surface area contributed by atoms with E-state index in [1.807, 2.05) is 0 Å². The summed E-state index contributed by atoms with van der Waals surface area (Å²) in [6.45, 7) is 6.57. The molecule has 0 N–H and O–H groups in total. The van der Waals surface area contributed by atoms with Gasteiger partial charge in [-0.2, -0.15) is 0 Å². The van der Waals surface area contributed by atoms with Crippen molar-refractivity contribution >= 4 is 17.9 Å². The molecule has 0 aromatic carbocycles. The molecular formula is C59H106O6. The Morgan fingerprint density at radius 2 is 0.585 bits per heavy atom. The highest BCUT2D eigenvalue weighted by atomic mass is 16.6. The van der Waals surface area contributed by atoms with Gasteiger partial charge in [-0.3, -0.25) is 14.4 Å². The first-order valence-electron chi connectivity index (χ1n) is 28.1. The van der Waals surface area contributed by atoms with Gasteiger partial charge in [0.05, 0.1) is 0 Å². The van der Waals surface area contributed by atoms with E-state index >= 15 is 0 Å². The number of hydrogen-bond donors (Lipinski definition) is 0. The molecule has 0 rings (SSSR count). The Morgan fingerprint density at radius 1 is 0.308 bits per heavy atom. The van der Waals surface area contributed by atoms with Crippen molar-refractivity contribution in [3.8, 4) is 0 Å². The summed E-state index contributed by atoms with van der Waals surface area (Å²) in [6, 6.07) is 0. The molecule has 378 valence electrons. The summed E-state index contributed by atoms with van der Waals surface area (Å²) in [5, 5.41) is 0. The van der Waals surface area contributed by atoms with Gasteiger partial charge in [-0.15, -0.1) is 0 Å². The third-order valence-corrected chi connectivity index (χ3v) is 12.3. The van der Waals surface area contributed by atoms with Gasteiger partial charge in [0.2, 0.25) is 0 Å². The lowest BCUT2D eigenvalue weighted by atomic mass is 10.1. The highest BCUT2D eigenvalue weighted by Gasteiger charge is 2.19. The fourth-order valence-corrected chi connectivity index (χ4v) is 8.00. The monoisotopic (exact) mass is 911 g/mol. The molecule has 0 aromatic rings. The van der Waals surface area contributed by atoms with E-state index in [-0.39, 0.29) is 31.1 Å². The number of esters is 3. The molecule has 1 atom stereocenters. The fourth-order valence-electron chi connectivity index (χ4n) is 8.00. The molecule has 1 unspecified atom stereocenters. The van der Waals surface area contributed by atoms with Crippen molar-refractivity contribution in [2.24, 2.45) is 0 Å². The first-order valence-corrected chi connectivity index (χ1v) is 28.1. The molecule has 0 aromatic heterocycles. The molecule has 0 radical (unpaired) electrons. The molecule has 0 aliphatic rings. The van der Waals surface area contributed by atoms with Crippen molar-refractivity contribution in [1.29, 1.82) is 0 Å². The van der Waals surface area contributed by atoms with E-state index in [1.54, 1.807) is 0 Å². The number of carbonyl (C=O) groups excluding carboxylic acids is 3. The topological polar surface area (TPSA) is 78.9 Å². The average molecular weight is 911 g/mol. The van der Waals surface area contributed by atoms with Gasteiger partial charge in [0.15, 0.2) is 6.10 Å². The summed E-state index contributed by atoms with van der Waals surface area (Å²) in [6.07, 6.45) is 65.2. The van der Waals surface area contributed by atoms with Gasteiger partial charge in [0, 0.05) is 19.3 Å². The van der Waals surface area contributed by atoms with Crippen molar-refractivity contribution in [1.82, 2.24) is 0 Å². The minimum atomic E-state index is -0.782. The molecule has 0 amide bonds. The summed E-state index contributed by atoms with van der Waals surface area (Å²) in [7, 11) is 0.